The van der Waals surface area contributed by atoms with Crippen LogP contribution < -0.4 is 0 Å². The van der Waals surface area contributed by atoms with Crippen LogP contribution in [0.4, 0.5) is 0 Å². The first-order valence-electron chi connectivity index (χ1n) is 9.47. The lowest BCUT2D eigenvalue weighted by Gasteiger charge is -2.28. The maximum atomic E-state index is 10.7. The second-order valence-corrected chi connectivity index (χ2v) is 5.30. The van der Waals surface area contributed by atoms with Crippen molar-refractivity contribution in [2.45, 2.75) is 80.6 Å². The van der Waals surface area contributed by atoms with E-state index < -0.39 is 0 Å². The molecule has 0 spiro atoms. The van der Waals surface area contributed by atoms with Crippen LogP contribution in [-0.4, -0.2) is 49.4 Å². The number of carbonyl (C=O) groups excluding carboxylic acids is 1. The summed E-state index contributed by atoms with van der Waals surface area (Å²) in [6.07, 6.45) is 6.31. The number of rotatable bonds is 4. The van der Waals surface area contributed by atoms with Crippen molar-refractivity contribution in [1.82, 2.24) is 9.80 Å². The fraction of sp³-hybridized carbons (Fsp3) is 0.947. The SMILES string of the molecule is CC.CC.CCC(=O)N(C)CC.CCCC1CCN(C)CC1. The van der Waals surface area contributed by atoms with E-state index in [0.29, 0.717) is 6.42 Å². The van der Waals surface area contributed by atoms with Crippen LogP contribution in [0.2, 0.25) is 0 Å². The van der Waals surface area contributed by atoms with Crippen LogP contribution in [0.5, 0.6) is 0 Å². The van der Waals surface area contributed by atoms with Crippen molar-refractivity contribution in [2.24, 2.45) is 5.92 Å². The molecule has 1 heterocycles. The number of nitrogens with zero attached hydrogens (tertiary/aromatic N) is 2. The average Bonchev–Trinajstić information content (AvgIpc) is 2.60. The van der Waals surface area contributed by atoms with Crippen LogP contribution in [0.25, 0.3) is 0 Å². The van der Waals surface area contributed by atoms with Gasteiger partial charge in [-0.05, 0) is 45.8 Å². The van der Waals surface area contributed by atoms with E-state index in [1.54, 1.807) is 4.90 Å². The molecule has 0 radical (unpaired) electrons. The molecule has 0 atom stereocenters. The highest BCUT2D eigenvalue weighted by Crippen LogP contribution is 2.20. The fourth-order valence-corrected chi connectivity index (χ4v) is 2.21. The highest BCUT2D eigenvalue weighted by molar-refractivity contribution is 5.75. The smallest absolute Gasteiger partial charge is 0.222 e. The van der Waals surface area contributed by atoms with Crippen LogP contribution in [0.1, 0.15) is 80.6 Å². The van der Waals surface area contributed by atoms with Gasteiger partial charge in [-0.3, -0.25) is 4.79 Å². The molecule has 0 saturated carbocycles. The van der Waals surface area contributed by atoms with Gasteiger partial charge in [-0.15, -0.1) is 0 Å². The first kappa shape index (κ1) is 26.3. The third-order valence-corrected chi connectivity index (χ3v) is 3.74. The highest BCUT2D eigenvalue weighted by atomic mass is 16.2. The number of carbonyl (C=O) groups is 1. The first-order valence-corrected chi connectivity index (χ1v) is 9.47. The molecule has 0 aromatic carbocycles. The zero-order valence-corrected chi connectivity index (χ0v) is 17.0. The summed E-state index contributed by atoms with van der Waals surface area (Å²) in [5.41, 5.74) is 0. The fourth-order valence-electron chi connectivity index (χ4n) is 2.21. The van der Waals surface area contributed by atoms with Crippen LogP contribution in [-0.2, 0) is 4.79 Å². The molecule has 3 nitrogen and oxygen atoms in total. The molecule has 0 aromatic rings. The molecule has 1 amide bonds. The summed E-state index contributed by atoms with van der Waals surface area (Å²) in [7, 11) is 4.04. The molecule has 1 aliphatic heterocycles. The Labute approximate surface area is 141 Å². The molecule has 1 aliphatic rings. The molecule has 1 saturated heterocycles. The summed E-state index contributed by atoms with van der Waals surface area (Å²) in [6.45, 7) is 17.6. The third kappa shape index (κ3) is 15.8. The molecule has 0 unspecified atom stereocenters. The summed E-state index contributed by atoms with van der Waals surface area (Å²) in [4.78, 5) is 14.8. The van der Waals surface area contributed by atoms with Gasteiger partial charge in [-0.1, -0.05) is 54.4 Å². The number of hydrogen-bond donors (Lipinski definition) is 0. The van der Waals surface area contributed by atoms with Crippen molar-refractivity contribution < 1.29 is 4.79 Å². The first-order chi connectivity index (χ1) is 10.5. The van der Waals surface area contributed by atoms with Crippen LogP contribution in [0.3, 0.4) is 0 Å². The monoisotopic (exact) mass is 316 g/mol. The molecule has 22 heavy (non-hydrogen) atoms. The Morgan fingerprint density at radius 2 is 1.50 bits per heavy atom. The van der Waals surface area contributed by atoms with Crippen LogP contribution in [0, 0.1) is 5.92 Å². The summed E-state index contributed by atoms with van der Waals surface area (Å²) in [5.74, 6) is 1.26. The van der Waals surface area contributed by atoms with Crippen molar-refractivity contribution in [3.05, 3.63) is 0 Å². The summed E-state index contributed by atoms with van der Waals surface area (Å²) in [5, 5.41) is 0. The lowest BCUT2D eigenvalue weighted by Crippen LogP contribution is -2.29. The minimum atomic E-state index is 0.215. The van der Waals surface area contributed by atoms with E-state index >= 15 is 0 Å². The molecule has 0 bridgehead atoms. The lowest BCUT2D eigenvalue weighted by atomic mass is 9.93. The lowest BCUT2D eigenvalue weighted by molar-refractivity contribution is -0.129. The molecule has 136 valence electrons. The van der Waals surface area contributed by atoms with Crippen LogP contribution in [0.15, 0.2) is 0 Å². The van der Waals surface area contributed by atoms with Gasteiger partial charge < -0.3 is 9.80 Å². The standard InChI is InChI=1S/C9H19N.C6H13NO.2C2H6/c1-3-4-9-5-7-10(2)8-6-9;1-4-6(8)7(3)5-2;2*1-2/h9H,3-8H2,1-2H3;4-5H2,1-3H3;2*1-2H3. The predicted octanol–water partition coefficient (Wildman–Crippen LogP) is 5.06. The molecule has 0 aliphatic carbocycles. The minimum absolute atomic E-state index is 0.215. The summed E-state index contributed by atoms with van der Waals surface area (Å²) >= 11 is 0. The normalized spacial score (nSPS) is 14.4. The van der Waals surface area contributed by atoms with E-state index in [0.717, 1.165) is 12.5 Å². The molecule has 1 fully saturated rings. The Hall–Kier alpha value is -0.570. The maximum absolute atomic E-state index is 10.7. The van der Waals surface area contributed by atoms with Crippen molar-refractivity contribution >= 4 is 5.91 Å². The van der Waals surface area contributed by atoms with E-state index in [4.69, 9.17) is 0 Å². The Balaban J connectivity index is -0.000000272. The number of piperidine rings is 1. The van der Waals surface area contributed by atoms with Gasteiger partial charge in [0.1, 0.15) is 0 Å². The van der Waals surface area contributed by atoms with E-state index in [1.165, 1.54) is 38.8 Å². The quantitative estimate of drug-likeness (QED) is 0.724. The molecule has 0 aromatic heterocycles. The molecule has 0 N–H and O–H groups in total. The van der Waals surface area contributed by atoms with Crippen molar-refractivity contribution in [3.8, 4) is 0 Å². The molecular formula is C19H44N2O. The predicted molar refractivity (Wildman–Crippen MR) is 101 cm³/mol. The van der Waals surface area contributed by atoms with Gasteiger partial charge in [-0.25, -0.2) is 0 Å². The van der Waals surface area contributed by atoms with Gasteiger partial charge in [0, 0.05) is 20.0 Å². The Morgan fingerprint density at radius 1 is 1.05 bits per heavy atom. The molecule has 3 heteroatoms. The topological polar surface area (TPSA) is 23.6 Å². The Bertz CT molecular complexity index is 211. The molecule has 1 rings (SSSR count). The second kappa shape index (κ2) is 20.4. The van der Waals surface area contributed by atoms with E-state index in [9.17, 15) is 4.79 Å². The molecular weight excluding hydrogens is 272 g/mol. The van der Waals surface area contributed by atoms with Crippen molar-refractivity contribution in [1.29, 1.82) is 0 Å². The summed E-state index contributed by atoms with van der Waals surface area (Å²) in [6, 6.07) is 0. The largest absolute Gasteiger partial charge is 0.346 e. The van der Waals surface area contributed by atoms with Gasteiger partial charge in [0.25, 0.3) is 0 Å². The van der Waals surface area contributed by atoms with Gasteiger partial charge in [0.15, 0.2) is 0 Å². The van der Waals surface area contributed by atoms with Crippen molar-refractivity contribution in [3.63, 3.8) is 0 Å². The highest BCUT2D eigenvalue weighted by Gasteiger charge is 2.14. The van der Waals surface area contributed by atoms with E-state index in [2.05, 4.69) is 18.9 Å². The minimum Gasteiger partial charge on any atom is -0.346 e. The zero-order chi connectivity index (χ0) is 18.0. The van der Waals surface area contributed by atoms with E-state index in [-0.39, 0.29) is 5.91 Å². The Morgan fingerprint density at radius 3 is 1.77 bits per heavy atom. The van der Waals surface area contributed by atoms with Gasteiger partial charge in [-0.2, -0.15) is 0 Å². The summed E-state index contributed by atoms with van der Waals surface area (Å²) < 4.78 is 0. The van der Waals surface area contributed by atoms with Gasteiger partial charge in [0.05, 0.1) is 0 Å². The average molecular weight is 317 g/mol. The number of amides is 1. The second-order valence-electron chi connectivity index (χ2n) is 5.30. The van der Waals surface area contributed by atoms with E-state index in [1.807, 2.05) is 48.6 Å². The van der Waals surface area contributed by atoms with Gasteiger partial charge >= 0.3 is 0 Å². The Kier molecular flexibility index (Phi) is 24.5. The van der Waals surface area contributed by atoms with Gasteiger partial charge in [0.2, 0.25) is 5.91 Å². The number of hydrogen-bond acceptors (Lipinski definition) is 2. The maximum Gasteiger partial charge on any atom is 0.222 e. The third-order valence-electron chi connectivity index (χ3n) is 3.74. The zero-order valence-electron chi connectivity index (χ0n) is 17.0. The van der Waals surface area contributed by atoms with Crippen LogP contribution >= 0.6 is 0 Å². The number of likely N-dealkylation sites (tertiary alicyclic amines) is 1. The van der Waals surface area contributed by atoms with Crippen molar-refractivity contribution in [2.75, 3.05) is 33.7 Å².